The predicted octanol–water partition coefficient (Wildman–Crippen LogP) is 2.51. The second kappa shape index (κ2) is 6.53. The van der Waals surface area contributed by atoms with Crippen LogP contribution in [0.2, 0.25) is 0 Å². The highest BCUT2D eigenvalue weighted by Gasteiger charge is 2.32. The Morgan fingerprint density at radius 2 is 1.86 bits per heavy atom. The molecule has 1 atom stereocenters. The fourth-order valence-electron chi connectivity index (χ4n) is 1.83. The Hall–Kier alpha value is -2.15. The Balaban J connectivity index is 2.08. The molecule has 0 fully saturated rings. The minimum absolute atomic E-state index is 0.153. The standard InChI is InChI=1S/C14H14F3N3O/c15-14(16,17)12-6-7-18-13(20-12)19-11(9-21)8-10-4-2-1-3-5-10/h1-7,11,21H,8-9H2,(H,18,19,20)/t11-/m1/s1. The maximum absolute atomic E-state index is 12.6. The van der Waals surface area contributed by atoms with Gasteiger partial charge in [-0.2, -0.15) is 13.2 Å². The summed E-state index contributed by atoms with van der Waals surface area (Å²) in [6, 6.07) is 9.65. The van der Waals surface area contributed by atoms with Crippen LogP contribution in [0.15, 0.2) is 42.6 Å². The summed E-state index contributed by atoms with van der Waals surface area (Å²) in [5, 5.41) is 12.1. The van der Waals surface area contributed by atoms with Gasteiger partial charge in [-0.25, -0.2) is 9.97 Å². The third kappa shape index (κ3) is 4.42. The van der Waals surface area contributed by atoms with Gasteiger partial charge in [-0.1, -0.05) is 30.3 Å². The Labute approximate surface area is 119 Å². The molecular weight excluding hydrogens is 283 g/mol. The van der Waals surface area contributed by atoms with Crippen molar-refractivity contribution >= 4 is 5.95 Å². The number of hydrogen-bond donors (Lipinski definition) is 2. The molecule has 0 aliphatic heterocycles. The fourth-order valence-corrected chi connectivity index (χ4v) is 1.83. The van der Waals surface area contributed by atoms with Gasteiger partial charge < -0.3 is 10.4 Å². The van der Waals surface area contributed by atoms with E-state index in [1.54, 1.807) is 0 Å². The number of hydrogen-bond acceptors (Lipinski definition) is 4. The molecule has 2 N–H and O–H groups in total. The number of alkyl halides is 3. The fraction of sp³-hybridized carbons (Fsp3) is 0.286. The van der Waals surface area contributed by atoms with E-state index >= 15 is 0 Å². The van der Waals surface area contributed by atoms with E-state index in [0.717, 1.165) is 17.8 Å². The van der Waals surface area contributed by atoms with Gasteiger partial charge in [0.2, 0.25) is 5.95 Å². The Kier molecular flexibility index (Phi) is 4.74. The van der Waals surface area contributed by atoms with E-state index in [4.69, 9.17) is 0 Å². The second-order valence-electron chi connectivity index (χ2n) is 4.48. The summed E-state index contributed by atoms with van der Waals surface area (Å²) in [4.78, 5) is 7.16. The first-order valence-electron chi connectivity index (χ1n) is 6.30. The average Bonchev–Trinajstić information content (AvgIpc) is 2.47. The van der Waals surface area contributed by atoms with E-state index in [2.05, 4.69) is 15.3 Å². The number of nitrogens with one attached hydrogen (secondary N) is 1. The molecule has 1 heterocycles. The monoisotopic (exact) mass is 297 g/mol. The van der Waals surface area contributed by atoms with Gasteiger partial charge in [0, 0.05) is 6.20 Å². The molecule has 0 spiro atoms. The molecule has 7 heteroatoms. The Morgan fingerprint density at radius 1 is 1.14 bits per heavy atom. The number of aromatic nitrogens is 2. The summed E-state index contributed by atoms with van der Waals surface area (Å²) < 4.78 is 37.7. The van der Waals surface area contributed by atoms with Crippen molar-refractivity contribution in [1.29, 1.82) is 0 Å². The normalized spacial score (nSPS) is 13.0. The lowest BCUT2D eigenvalue weighted by Gasteiger charge is -2.17. The first-order chi connectivity index (χ1) is 9.99. The predicted molar refractivity (Wildman–Crippen MR) is 71.7 cm³/mol. The molecular formula is C14H14F3N3O. The molecule has 21 heavy (non-hydrogen) atoms. The van der Waals surface area contributed by atoms with Crippen molar-refractivity contribution in [2.24, 2.45) is 0 Å². The molecule has 0 saturated carbocycles. The van der Waals surface area contributed by atoms with Crippen LogP contribution in [0.25, 0.3) is 0 Å². The van der Waals surface area contributed by atoms with Crippen LogP contribution in [0.4, 0.5) is 19.1 Å². The molecule has 4 nitrogen and oxygen atoms in total. The highest BCUT2D eigenvalue weighted by atomic mass is 19.4. The van der Waals surface area contributed by atoms with Gasteiger partial charge in [-0.3, -0.25) is 0 Å². The maximum Gasteiger partial charge on any atom is 0.433 e. The van der Waals surface area contributed by atoms with Gasteiger partial charge in [-0.05, 0) is 18.1 Å². The zero-order valence-corrected chi connectivity index (χ0v) is 11.0. The molecule has 112 valence electrons. The maximum atomic E-state index is 12.6. The van der Waals surface area contributed by atoms with Gasteiger partial charge in [0.25, 0.3) is 0 Å². The van der Waals surface area contributed by atoms with Crippen LogP contribution in [0.5, 0.6) is 0 Å². The molecule has 0 radical (unpaired) electrons. The molecule has 2 rings (SSSR count). The van der Waals surface area contributed by atoms with Gasteiger partial charge in [0.15, 0.2) is 0 Å². The smallest absolute Gasteiger partial charge is 0.394 e. The summed E-state index contributed by atoms with van der Waals surface area (Å²) in [5.41, 5.74) is -0.0626. The highest BCUT2D eigenvalue weighted by molar-refractivity contribution is 5.29. The quantitative estimate of drug-likeness (QED) is 0.890. The number of benzene rings is 1. The van der Waals surface area contributed by atoms with Crippen LogP contribution in [-0.2, 0) is 12.6 Å². The minimum Gasteiger partial charge on any atom is -0.394 e. The molecule has 0 bridgehead atoms. The number of halogens is 3. The van der Waals surface area contributed by atoms with E-state index in [0.29, 0.717) is 6.42 Å². The lowest BCUT2D eigenvalue weighted by molar-refractivity contribution is -0.141. The Bertz CT molecular complexity index is 575. The third-order valence-electron chi connectivity index (χ3n) is 2.82. The third-order valence-corrected chi connectivity index (χ3v) is 2.82. The van der Waals surface area contributed by atoms with E-state index in [1.807, 2.05) is 30.3 Å². The number of aliphatic hydroxyl groups excluding tert-OH is 1. The number of nitrogens with zero attached hydrogens (tertiary/aromatic N) is 2. The highest BCUT2D eigenvalue weighted by Crippen LogP contribution is 2.27. The van der Waals surface area contributed by atoms with Gasteiger partial charge in [0.1, 0.15) is 5.69 Å². The first-order valence-corrected chi connectivity index (χ1v) is 6.30. The summed E-state index contributed by atoms with van der Waals surface area (Å²) in [6.07, 6.45) is -3.03. The zero-order chi connectivity index (χ0) is 15.3. The average molecular weight is 297 g/mol. The summed E-state index contributed by atoms with van der Waals surface area (Å²) in [5.74, 6) is -0.153. The summed E-state index contributed by atoms with van der Waals surface area (Å²) >= 11 is 0. The zero-order valence-electron chi connectivity index (χ0n) is 11.0. The SMILES string of the molecule is OC[C@@H](Cc1ccccc1)Nc1nccc(C(F)(F)F)n1. The van der Waals surface area contributed by atoms with Crippen LogP contribution in [0.3, 0.4) is 0 Å². The van der Waals surface area contributed by atoms with Gasteiger partial charge in [0.05, 0.1) is 12.6 Å². The molecule has 0 unspecified atom stereocenters. The van der Waals surface area contributed by atoms with Crippen molar-refractivity contribution in [2.45, 2.75) is 18.6 Å². The topological polar surface area (TPSA) is 58.0 Å². The number of rotatable bonds is 5. The van der Waals surface area contributed by atoms with E-state index < -0.39 is 17.9 Å². The summed E-state index contributed by atoms with van der Waals surface area (Å²) in [6.45, 7) is -0.242. The lowest BCUT2D eigenvalue weighted by Crippen LogP contribution is -2.28. The second-order valence-corrected chi connectivity index (χ2v) is 4.48. The number of anilines is 1. The largest absolute Gasteiger partial charge is 0.433 e. The molecule has 0 aliphatic rings. The molecule has 0 amide bonds. The van der Waals surface area contributed by atoms with Crippen molar-refractivity contribution < 1.29 is 18.3 Å². The van der Waals surface area contributed by atoms with Crippen molar-refractivity contribution in [3.63, 3.8) is 0 Å². The summed E-state index contributed by atoms with van der Waals surface area (Å²) in [7, 11) is 0. The van der Waals surface area contributed by atoms with E-state index in [1.165, 1.54) is 0 Å². The first kappa shape index (κ1) is 15.2. The lowest BCUT2D eigenvalue weighted by atomic mass is 10.1. The van der Waals surface area contributed by atoms with Crippen molar-refractivity contribution in [3.05, 3.63) is 53.9 Å². The van der Waals surface area contributed by atoms with E-state index in [-0.39, 0.29) is 12.6 Å². The van der Waals surface area contributed by atoms with Crippen molar-refractivity contribution in [1.82, 2.24) is 9.97 Å². The van der Waals surface area contributed by atoms with Gasteiger partial charge in [-0.15, -0.1) is 0 Å². The van der Waals surface area contributed by atoms with Crippen LogP contribution >= 0.6 is 0 Å². The van der Waals surface area contributed by atoms with Crippen LogP contribution in [0, 0.1) is 0 Å². The van der Waals surface area contributed by atoms with Crippen molar-refractivity contribution in [2.75, 3.05) is 11.9 Å². The van der Waals surface area contributed by atoms with Crippen LogP contribution < -0.4 is 5.32 Å². The molecule has 2 aromatic rings. The molecule has 0 saturated heterocycles. The minimum atomic E-state index is -4.52. The molecule has 1 aromatic carbocycles. The molecule has 1 aromatic heterocycles. The van der Waals surface area contributed by atoms with Crippen molar-refractivity contribution in [3.8, 4) is 0 Å². The Morgan fingerprint density at radius 3 is 2.48 bits per heavy atom. The van der Waals surface area contributed by atoms with E-state index in [9.17, 15) is 18.3 Å². The van der Waals surface area contributed by atoms with Crippen LogP contribution in [-0.4, -0.2) is 27.7 Å². The number of aliphatic hydroxyl groups is 1. The molecule has 0 aliphatic carbocycles. The van der Waals surface area contributed by atoms with Crippen LogP contribution in [0.1, 0.15) is 11.3 Å². The van der Waals surface area contributed by atoms with Gasteiger partial charge >= 0.3 is 6.18 Å².